The topological polar surface area (TPSA) is 97.9 Å². The van der Waals surface area contributed by atoms with E-state index in [1.54, 1.807) is 28.8 Å². The molecule has 0 aliphatic rings. The fourth-order valence-electron chi connectivity index (χ4n) is 2.89. The number of nitrogen functional groups attached to an aromatic ring is 1. The molecule has 6 nitrogen and oxygen atoms in total. The van der Waals surface area contributed by atoms with Crippen molar-refractivity contribution in [1.29, 1.82) is 0 Å². The van der Waals surface area contributed by atoms with Gasteiger partial charge >= 0.3 is 5.56 Å². The number of anilines is 1. The van der Waals surface area contributed by atoms with Gasteiger partial charge in [0.2, 0.25) is 5.52 Å². The normalized spacial score (nSPS) is 10.9. The lowest BCUT2D eigenvalue weighted by Gasteiger charge is -2.03. The van der Waals surface area contributed by atoms with E-state index in [0.717, 1.165) is 16.5 Å². The molecule has 122 valence electrons. The Balaban J connectivity index is 0.00000169. The van der Waals surface area contributed by atoms with E-state index in [9.17, 15) is 4.79 Å². The number of halogens is 1. The van der Waals surface area contributed by atoms with Crippen LogP contribution in [-0.4, -0.2) is 15.4 Å². The largest absolute Gasteiger partial charge is 0.870 e. The Hall–Kier alpha value is -2.83. The zero-order valence-electron chi connectivity index (χ0n) is 12.8. The number of rotatable bonds is 1. The number of nitrogens with zero attached hydrogens (tertiary/aromatic N) is 2. The van der Waals surface area contributed by atoms with Crippen LogP contribution in [0.2, 0.25) is 5.02 Å². The van der Waals surface area contributed by atoms with Gasteiger partial charge in [0, 0.05) is 16.0 Å². The van der Waals surface area contributed by atoms with E-state index in [4.69, 9.17) is 17.3 Å². The van der Waals surface area contributed by atoms with Crippen molar-refractivity contribution in [3.8, 4) is 5.69 Å². The van der Waals surface area contributed by atoms with Gasteiger partial charge in [-0.2, -0.15) is 0 Å². The summed E-state index contributed by atoms with van der Waals surface area (Å²) in [5.41, 5.74) is 9.57. The molecule has 7 heteroatoms. The quantitative estimate of drug-likeness (QED) is 0.520. The minimum absolute atomic E-state index is 0. The van der Waals surface area contributed by atoms with Gasteiger partial charge in [-0.05, 0) is 43.3 Å². The Morgan fingerprint density at radius 3 is 2.50 bits per heavy atom. The number of nitrogens with one attached hydrogen (secondary N) is 1. The predicted octanol–water partition coefficient (Wildman–Crippen LogP) is 2.42. The molecule has 4 rings (SSSR count). The zero-order valence-corrected chi connectivity index (χ0v) is 13.6. The minimum Gasteiger partial charge on any atom is -0.870 e. The summed E-state index contributed by atoms with van der Waals surface area (Å²) in [4.78, 5) is 12.9. The van der Waals surface area contributed by atoms with E-state index in [-0.39, 0.29) is 11.0 Å². The second-order valence-electron chi connectivity index (χ2n) is 5.46. The molecular formula is C17H15ClN4O2. The van der Waals surface area contributed by atoms with E-state index >= 15 is 0 Å². The fraction of sp³-hybridized carbons (Fsp3) is 0.0588. The molecule has 2 aromatic heterocycles. The highest BCUT2D eigenvalue weighted by molar-refractivity contribution is 6.30. The number of fused-ring (bicyclic) bond motifs is 3. The van der Waals surface area contributed by atoms with Crippen molar-refractivity contribution in [2.75, 3.05) is 5.73 Å². The smallest absolute Gasteiger partial charge is 0.406 e. The Labute approximate surface area is 142 Å². The first-order valence-corrected chi connectivity index (χ1v) is 7.55. The number of benzene rings is 2. The average molecular weight is 343 g/mol. The highest BCUT2D eigenvalue weighted by atomic mass is 35.5. The lowest BCUT2D eigenvalue weighted by atomic mass is 10.1. The third kappa shape index (κ3) is 2.16. The molecule has 4 aromatic rings. The van der Waals surface area contributed by atoms with Crippen molar-refractivity contribution in [3.63, 3.8) is 0 Å². The van der Waals surface area contributed by atoms with Crippen LogP contribution in [0.4, 0.5) is 5.69 Å². The van der Waals surface area contributed by atoms with Crippen LogP contribution in [0.5, 0.6) is 0 Å². The molecule has 0 atom stereocenters. The highest BCUT2D eigenvalue weighted by Gasteiger charge is 2.23. The van der Waals surface area contributed by atoms with Gasteiger partial charge in [0.15, 0.2) is 11.2 Å². The number of H-pyrrole nitrogens is 1. The molecule has 0 aliphatic heterocycles. The summed E-state index contributed by atoms with van der Waals surface area (Å²) in [6, 6.07) is 14.8. The van der Waals surface area contributed by atoms with Crippen molar-refractivity contribution < 1.29 is 9.99 Å². The first-order valence-electron chi connectivity index (χ1n) is 7.17. The molecule has 2 aromatic carbocycles. The zero-order chi connectivity index (χ0) is 16.1. The third-order valence-electron chi connectivity index (χ3n) is 4.11. The number of para-hydroxylation sites is 1. The first kappa shape index (κ1) is 16.0. The van der Waals surface area contributed by atoms with Gasteiger partial charge in [-0.1, -0.05) is 33.6 Å². The number of hydrogen-bond acceptors (Lipinski definition) is 3. The molecule has 0 saturated carbocycles. The average Bonchev–Trinajstić information content (AvgIpc) is 2.91. The molecular weight excluding hydrogens is 328 g/mol. The lowest BCUT2D eigenvalue weighted by Crippen LogP contribution is -2.27. The van der Waals surface area contributed by atoms with E-state index < -0.39 is 0 Å². The fourth-order valence-corrected chi connectivity index (χ4v) is 3.02. The Bertz CT molecular complexity index is 1110. The van der Waals surface area contributed by atoms with E-state index in [0.29, 0.717) is 21.9 Å². The van der Waals surface area contributed by atoms with E-state index in [1.807, 2.05) is 31.2 Å². The van der Waals surface area contributed by atoms with Crippen LogP contribution < -0.4 is 15.8 Å². The lowest BCUT2D eigenvalue weighted by molar-refractivity contribution is -0.555. The van der Waals surface area contributed by atoms with Crippen LogP contribution in [-0.2, 0) is 0 Å². The van der Waals surface area contributed by atoms with Crippen LogP contribution >= 0.6 is 11.6 Å². The molecule has 0 spiro atoms. The van der Waals surface area contributed by atoms with Crippen molar-refractivity contribution in [1.82, 2.24) is 9.90 Å². The van der Waals surface area contributed by atoms with Crippen LogP contribution in [0.1, 0.15) is 5.56 Å². The second kappa shape index (κ2) is 5.67. The first-order chi connectivity index (χ1) is 11.1. The summed E-state index contributed by atoms with van der Waals surface area (Å²) in [6.07, 6.45) is 0. The van der Waals surface area contributed by atoms with Gasteiger partial charge in [-0.25, -0.2) is 4.79 Å². The maximum atomic E-state index is 12.9. The number of hydrogen-bond donors (Lipinski definition) is 2. The molecule has 0 unspecified atom stereocenters. The molecule has 0 amide bonds. The highest BCUT2D eigenvalue weighted by Crippen LogP contribution is 2.23. The van der Waals surface area contributed by atoms with Crippen LogP contribution in [0, 0.1) is 6.92 Å². The molecule has 0 bridgehead atoms. The summed E-state index contributed by atoms with van der Waals surface area (Å²) in [5, 5.41) is 4.66. The second-order valence-corrected chi connectivity index (χ2v) is 5.89. The molecule has 24 heavy (non-hydrogen) atoms. The van der Waals surface area contributed by atoms with Crippen molar-refractivity contribution in [2.24, 2.45) is 0 Å². The summed E-state index contributed by atoms with van der Waals surface area (Å²) in [6.45, 7) is 1.86. The van der Waals surface area contributed by atoms with Crippen molar-refractivity contribution in [3.05, 3.63) is 69.5 Å². The molecule has 0 saturated heterocycles. The Morgan fingerprint density at radius 1 is 1.12 bits per heavy atom. The maximum Gasteiger partial charge on any atom is 0.406 e. The van der Waals surface area contributed by atoms with Crippen LogP contribution in [0.15, 0.2) is 53.3 Å². The molecule has 0 aliphatic carbocycles. The monoisotopic (exact) mass is 342 g/mol. The van der Waals surface area contributed by atoms with Crippen molar-refractivity contribution >= 4 is 33.7 Å². The SMILES string of the molecule is Cc1c(N)c2ccccc2[n+]2[nH]n(-c3ccc(Cl)cc3)c(=O)c12.[OH-]. The molecule has 2 heterocycles. The Morgan fingerprint density at radius 2 is 1.79 bits per heavy atom. The minimum atomic E-state index is -0.151. The van der Waals surface area contributed by atoms with Crippen molar-refractivity contribution in [2.45, 2.75) is 6.92 Å². The summed E-state index contributed by atoms with van der Waals surface area (Å²) in [5.74, 6) is 0. The standard InChI is InChI=1S/C17H13ClN4O.H2O/c1-10-15(19)13-4-2-3-5-14(13)22-16(10)17(23)21(20-22)12-8-6-11(18)7-9-12;/h2-9,19-20H,1H3;1H2. The third-order valence-corrected chi connectivity index (χ3v) is 4.36. The number of aromatic amines is 1. The van der Waals surface area contributed by atoms with Gasteiger partial charge in [0.1, 0.15) is 0 Å². The summed E-state index contributed by atoms with van der Waals surface area (Å²) >= 11 is 5.92. The van der Waals surface area contributed by atoms with Gasteiger partial charge in [0.25, 0.3) is 0 Å². The Kier molecular flexibility index (Phi) is 3.79. The van der Waals surface area contributed by atoms with Gasteiger partial charge in [-0.15, -0.1) is 4.52 Å². The molecule has 0 radical (unpaired) electrons. The number of nitrogens with two attached hydrogens (primary N) is 1. The number of pyridine rings is 1. The van der Waals surface area contributed by atoms with E-state index in [2.05, 4.69) is 5.21 Å². The summed E-state index contributed by atoms with van der Waals surface area (Å²) in [7, 11) is 0. The van der Waals surface area contributed by atoms with Crippen LogP contribution in [0.3, 0.4) is 0 Å². The van der Waals surface area contributed by atoms with Gasteiger partial charge in [0.05, 0.1) is 5.69 Å². The molecule has 0 fully saturated rings. The number of aryl methyl sites for hydroxylation is 1. The number of aromatic nitrogens is 3. The summed E-state index contributed by atoms with van der Waals surface area (Å²) < 4.78 is 3.27. The van der Waals surface area contributed by atoms with Crippen LogP contribution in [0.25, 0.3) is 22.1 Å². The van der Waals surface area contributed by atoms with Gasteiger partial charge in [-0.3, -0.25) is 0 Å². The maximum absolute atomic E-state index is 12.9. The van der Waals surface area contributed by atoms with Gasteiger partial charge < -0.3 is 11.2 Å². The molecule has 4 N–H and O–H groups in total. The predicted molar refractivity (Wildman–Crippen MR) is 93.2 cm³/mol. The van der Waals surface area contributed by atoms with E-state index in [1.165, 1.54) is 4.68 Å².